The predicted molar refractivity (Wildman–Crippen MR) is 106 cm³/mol. The molecule has 2 N–H and O–H groups in total. The molecule has 0 atom stereocenters. The fourth-order valence-corrected chi connectivity index (χ4v) is 3.06. The van der Waals surface area contributed by atoms with Gasteiger partial charge in [-0.25, -0.2) is 9.37 Å². The van der Waals surface area contributed by atoms with Gasteiger partial charge in [-0.2, -0.15) is 0 Å². The van der Waals surface area contributed by atoms with E-state index in [1.54, 1.807) is 23.5 Å². The Morgan fingerprint density at radius 2 is 2.04 bits per heavy atom. The van der Waals surface area contributed by atoms with Crippen molar-refractivity contribution in [2.45, 2.75) is 33.1 Å². The number of ether oxygens (including phenoxy) is 1. The number of hydrogen-bond acceptors (Lipinski definition) is 4. The monoisotopic (exact) mass is 378 g/mol. The van der Waals surface area contributed by atoms with Crippen LogP contribution in [-0.2, 0) is 6.42 Å². The first-order valence-corrected chi connectivity index (χ1v) is 9.81. The van der Waals surface area contributed by atoms with E-state index in [4.69, 9.17) is 4.74 Å². The quantitative estimate of drug-likeness (QED) is 0.377. The summed E-state index contributed by atoms with van der Waals surface area (Å²) in [5.41, 5.74) is 0. The number of unbranched alkanes of at least 4 members (excludes halogenated alkanes) is 1. The Bertz CT molecular complexity index is 672. The Balaban J connectivity index is 1.61. The number of guanidine groups is 1. The van der Waals surface area contributed by atoms with Crippen LogP contribution in [0.25, 0.3) is 0 Å². The van der Waals surface area contributed by atoms with E-state index in [0.29, 0.717) is 12.4 Å². The lowest BCUT2D eigenvalue weighted by Crippen LogP contribution is -2.38. The van der Waals surface area contributed by atoms with E-state index in [9.17, 15) is 4.39 Å². The van der Waals surface area contributed by atoms with Gasteiger partial charge >= 0.3 is 0 Å². The number of aryl methyl sites for hydroxylation is 1. The molecule has 0 fully saturated rings. The minimum atomic E-state index is -0.250. The smallest absolute Gasteiger partial charge is 0.191 e. The highest BCUT2D eigenvalue weighted by atomic mass is 32.1. The Hall–Kier alpha value is -2.15. The van der Waals surface area contributed by atoms with E-state index in [0.717, 1.165) is 49.9 Å². The third-order valence-corrected chi connectivity index (χ3v) is 4.52. The number of aromatic nitrogens is 1. The molecular formula is C19H27FN4OS. The van der Waals surface area contributed by atoms with Gasteiger partial charge in [-0.1, -0.05) is 0 Å². The highest BCUT2D eigenvalue weighted by Gasteiger charge is 2.01. The number of rotatable bonds is 10. The second kappa shape index (κ2) is 11.5. The van der Waals surface area contributed by atoms with E-state index in [2.05, 4.69) is 34.5 Å². The molecule has 0 saturated carbocycles. The molecule has 142 valence electrons. The summed E-state index contributed by atoms with van der Waals surface area (Å²) in [6, 6.07) is 6.09. The molecule has 5 nitrogen and oxygen atoms in total. The maximum Gasteiger partial charge on any atom is 0.191 e. The fraction of sp³-hybridized carbons (Fsp3) is 0.474. The van der Waals surface area contributed by atoms with Crippen molar-refractivity contribution in [3.8, 4) is 5.75 Å². The van der Waals surface area contributed by atoms with Crippen LogP contribution in [0.1, 0.15) is 29.7 Å². The largest absolute Gasteiger partial charge is 0.494 e. The van der Waals surface area contributed by atoms with Crippen molar-refractivity contribution in [2.75, 3.05) is 26.2 Å². The molecule has 0 spiro atoms. The standard InChI is InChI=1S/C19H27FN4OS/c1-3-21-19(23-12-10-18-24-14-15(2)26-18)22-11-4-5-13-25-17-8-6-16(20)7-9-17/h6-9,14H,3-5,10-13H2,1-2H3,(H2,21,22,23). The van der Waals surface area contributed by atoms with E-state index >= 15 is 0 Å². The van der Waals surface area contributed by atoms with Crippen molar-refractivity contribution in [1.29, 1.82) is 0 Å². The molecule has 1 heterocycles. The zero-order chi connectivity index (χ0) is 18.6. The second-order valence-corrected chi connectivity index (χ2v) is 7.13. The molecule has 2 aromatic rings. The highest BCUT2D eigenvalue weighted by molar-refractivity contribution is 7.11. The molecule has 1 aromatic carbocycles. The molecule has 26 heavy (non-hydrogen) atoms. The fourth-order valence-electron chi connectivity index (χ4n) is 2.27. The Labute approximate surface area is 158 Å². The Morgan fingerprint density at radius 3 is 2.73 bits per heavy atom. The molecule has 0 bridgehead atoms. The van der Waals surface area contributed by atoms with Crippen LogP contribution in [0.3, 0.4) is 0 Å². The van der Waals surface area contributed by atoms with Gasteiger partial charge in [0.05, 0.1) is 11.6 Å². The van der Waals surface area contributed by atoms with Gasteiger partial charge in [0.25, 0.3) is 0 Å². The number of nitrogens with one attached hydrogen (secondary N) is 2. The highest BCUT2D eigenvalue weighted by Crippen LogP contribution is 2.12. The average Bonchev–Trinajstić information content (AvgIpc) is 3.04. The van der Waals surface area contributed by atoms with Crippen molar-refractivity contribution in [1.82, 2.24) is 15.6 Å². The van der Waals surface area contributed by atoms with Gasteiger partial charge in [0.2, 0.25) is 0 Å². The maximum atomic E-state index is 12.8. The normalized spacial score (nSPS) is 11.4. The minimum Gasteiger partial charge on any atom is -0.494 e. The molecule has 0 saturated heterocycles. The number of nitrogens with zero attached hydrogens (tertiary/aromatic N) is 2. The number of thiazole rings is 1. The summed E-state index contributed by atoms with van der Waals surface area (Å²) in [4.78, 5) is 10.2. The van der Waals surface area contributed by atoms with Gasteiger partial charge < -0.3 is 15.4 Å². The third-order valence-electron chi connectivity index (χ3n) is 3.55. The van der Waals surface area contributed by atoms with Gasteiger partial charge in [-0.3, -0.25) is 4.99 Å². The molecule has 0 amide bonds. The van der Waals surface area contributed by atoms with Crippen LogP contribution in [0, 0.1) is 12.7 Å². The van der Waals surface area contributed by atoms with Crippen molar-refractivity contribution in [2.24, 2.45) is 4.99 Å². The Morgan fingerprint density at radius 1 is 1.23 bits per heavy atom. The van der Waals surface area contributed by atoms with Crippen LogP contribution in [0.4, 0.5) is 4.39 Å². The molecule has 0 aliphatic carbocycles. The van der Waals surface area contributed by atoms with E-state index in [1.165, 1.54) is 17.0 Å². The molecule has 0 aliphatic heterocycles. The molecule has 0 unspecified atom stereocenters. The minimum absolute atomic E-state index is 0.250. The van der Waals surface area contributed by atoms with Crippen molar-refractivity contribution >= 4 is 17.3 Å². The van der Waals surface area contributed by atoms with Crippen LogP contribution in [0.5, 0.6) is 5.75 Å². The predicted octanol–water partition coefficient (Wildman–Crippen LogP) is 3.55. The summed E-state index contributed by atoms with van der Waals surface area (Å²) in [6.07, 6.45) is 4.64. The van der Waals surface area contributed by atoms with Crippen molar-refractivity contribution < 1.29 is 9.13 Å². The zero-order valence-corrected chi connectivity index (χ0v) is 16.2. The number of benzene rings is 1. The van der Waals surface area contributed by atoms with Gasteiger partial charge in [-0.05, 0) is 51.0 Å². The van der Waals surface area contributed by atoms with Gasteiger partial charge in [-0.15, -0.1) is 11.3 Å². The molecule has 1 aromatic heterocycles. The van der Waals surface area contributed by atoms with Crippen molar-refractivity contribution in [3.63, 3.8) is 0 Å². The second-order valence-electron chi connectivity index (χ2n) is 5.81. The Kier molecular flexibility index (Phi) is 8.89. The lowest BCUT2D eigenvalue weighted by atomic mass is 10.3. The molecule has 2 rings (SSSR count). The van der Waals surface area contributed by atoms with Crippen LogP contribution in [0.2, 0.25) is 0 Å². The van der Waals surface area contributed by atoms with Crippen LogP contribution in [0.15, 0.2) is 35.5 Å². The number of hydrogen-bond donors (Lipinski definition) is 2. The van der Waals surface area contributed by atoms with E-state index < -0.39 is 0 Å². The SMILES string of the molecule is CCNC(=NCCCCOc1ccc(F)cc1)NCCc1ncc(C)s1. The van der Waals surface area contributed by atoms with Crippen LogP contribution in [-0.4, -0.2) is 37.2 Å². The maximum absolute atomic E-state index is 12.8. The van der Waals surface area contributed by atoms with Crippen LogP contribution >= 0.6 is 11.3 Å². The molecule has 0 aliphatic rings. The van der Waals surface area contributed by atoms with Gasteiger partial charge in [0.15, 0.2) is 5.96 Å². The average molecular weight is 379 g/mol. The molecular weight excluding hydrogens is 351 g/mol. The summed E-state index contributed by atoms with van der Waals surface area (Å²) >= 11 is 1.73. The zero-order valence-electron chi connectivity index (χ0n) is 15.4. The van der Waals surface area contributed by atoms with Crippen molar-refractivity contribution in [3.05, 3.63) is 46.2 Å². The lowest BCUT2D eigenvalue weighted by Gasteiger charge is -2.10. The summed E-state index contributed by atoms with van der Waals surface area (Å²) in [7, 11) is 0. The molecule has 0 radical (unpaired) electrons. The first kappa shape index (κ1) is 20.2. The lowest BCUT2D eigenvalue weighted by molar-refractivity contribution is 0.307. The summed E-state index contributed by atoms with van der Waals surface area (Å²) in [5.74, 6) is 1.28. The summed E-state index contributed by atoms with van der Waals surface area (Å²) in [6.45, 7) is 7.10. The van der Waals surface area contributed by atoms with E-state index in [1.807, 2.05) is 6.20 Å². The first-order chi connectivity index (χ1) is 12.7. The van der Waals surface area contributed by atoms with E-state index in [-0.39, 0.29) is 5.82 Å². The van der Waals surface area contributed by atoms with Crippen LogP contribution < -0.4 is 15.4 Å². The van der Waals surface area contributed by atoms with Gasteiger partial charge in [0, 0.05) is 37.1 Å². The number of aliphatic imine (C=N–C) groups is 1. The summed E-state index contributed by atoms with van der Waals surface area (Å²) in [5, 5.41) is 7.73. The number of halogens is 1. The third kappa shape index (κ3) is 7.82. The first-order valence-electron chi connectivity index (χ1n) is 8.99. The topological polar surface area (TPSA) is 58.5 Å². The van der Waals surface area contributed by atoms with Gasteiger partial charge in [0.1, 0.15) is 11.6 Å². The molecule has 7 heteroatoms. The summed E-state index contributed by atoms with van der Waals surface area (Å²) < 4.78 is 18.4.